The predicted molar refractivity (Wildman–Crippen MR) is 95.5 cm³/mol. The molecule has 3 atom stereocenters. The number of carbonyl (C=O) groups excluding carboxylic acids is 1. The fourth-order valence-electron chi connectivity index (χ4n) is 3.63. The van der Waals surface area contributed by atoms with Crippen molar-refractivity contribution >= 4 is 28.6 Å². The third-order valence-corrected chi connectivity index (χ3v) is 6.63. The second-order valence-corrected chi connectivity index (χ2v) is 8.32. The summed E-state index contributed by atoms with van der Waals surface area (Å²) in [5.74, 6) is 0.830. The highest BCUT2D eigenvalue weighted by Gasteiger charge is 2.43. The molecule has 7 heteroatoms. The molecule has 0 spiro atoms. The Morgan fingerprint density at radius 2 is 2.42 bits per heavy atom. The first-order valence-corrected chi connectivity index (χ1v) is 10.1. The minimum absolute atomic E-state index is 0.0798. The highest BCUT2D eigenvalue weighted by Crippen LogP contribution is 2.34. The van der Waals surface area contributed by atoms with Crippen LogP contribution in [0.5, 0.6) is 0 Å². The van der Waals surface area contributed by atoms with Crippen LogP contribution in [0.1, 0.15) is 20.9 Å². The van der Waals surface area contributed by atoms with Gasteiger partial charge in [0.05, 0.1) is 18.2 Å². The molecule has 0 bridgehead atoms. The molecule has 0 radical (unpaired) electrons. The first-order chi connectivity index (χ1) is 11.7. The molecular formula is C17H21N3O2S2. The van der Waals surface area contributed by atoms with Crippen LogP contribution in [0.3, 0.4) is 0 Å². The molecule has 0 aromatic carbocycles. The summed E-state index contributed by atoms with van der Waals surface area (Å²) in [6, 6.07) is 2.18. The molecule has 4 rings (SSSR count). The van der Waals surface area contributed by atoms with Gasteiger partial charge in [-0.25, -0.2) is 4.98 Å². The molecule has 128 valence electrons. The Labute approximate surface area is 149 Å². The number of likely N-dealkylation sites (tertiary alicyclic amines) is 1. The van der Waals surface area contributed by atoms with Gasteiger partial charge in [0.15, 0.2) is 0 Å². The van der Waals surface area contributed by atoms with Crippen LogP contribution in [0.25, 0.3) is 0 Å². The number of hydrogen-bond acceptors (Lipinski definition) is 6. The number of amides is 1. The predicted octanol–water partition coefficient (Wildman–Crippen LogP) is 2.39. The van der Waals surface area contributed by atoms with Crippen molar-refractivity contribution in [3.8, 4) is 0 Å². The zero-order chi connectivity index (χ0) is 16.5. The highest BCUT2D eigenvalue weighted by atomic mass is 32.1. The van der Waals surface area contributed by atoms with E-state index in [2.05, 4.69) is 33.6 Å². The molecule has 24 heavy (non-hydrogen) atoms. The fourth-order valence-corrected chi connectivity index (χ4v) is 5.11. The van der Waals surface area contributed by atoms with E-state index in [4.69, 9.17) is 4.74 Å². The van der Waals surface area contributed by atoms with Crippen LogP contribution in [0, 0.1) is 18.8 Å². The van der Waals surface area contributed by atoms with Crippen molar-refractivity contribution in [2.24, 2.45) is 11.8 Å². The molecule has 1 N–H and O–H groups in total. The van der Waals surface area contributed by atoms with Crippen LogP contribution in [0.15, 0.2) is 22.3 Å². The van der Waals surface area contributed by atoms with Gasteiger partial charge < -0.3 is 10.1 Å². The Hall–Kier alpha value is -1.28. The molecule has 0 saturated carbocycles. The largest absolute Gasteiger partial charge is 0.376 e. The lowest BCUT2D eigenvalue weighted by Gasteiger charge is -2.19. The van der Waals surface area contributed by atoms with Crippen LogP contribution in [-0.2, 0) is 11.3 Å². The van der Waals surface area contributed by atoms with Gasteiger partial charge in [-0.05, 0) is 23.9 Å². The number of thiazole rings is 1. The maximum atomic E-state index is 12.1. The molecule has 4 heterocycles. The second kappa shape index (κ2) is 6.92. The van der Waals surface area contributed by atoms with Gasteiger partial charge in [0.25, 0.3) is 5.91 Å². The minimum Gasteiger partial charge on any atom is -0.376 e. The third kappa shape index (κ3) is 3.26. The van der Waals surface area contributed by atoms with E-state index in [-0.39, 0.29) is 5.91 Å². The molecule has 2 aliphatic heterocycles. The van der Waals surface area contributed by atoms with E-state index < -0.39 is 0 Å². The smallest absolute Gasteiger partial charge is 0.270 e. The third-order valence-electron chi connectivity index (χ3n) is 5.04. The molecule has 5 nitrogen and oxygen atoms in total. The van der Waals surface area contributed by atoms with Crippen LogP contribution in [-0.4, -0.2) is 48.1 Å². The van der Waals surface area contributed by atoms with E-state index in [1.807, 2.05) is 11.3 Å². The van der Waals surface area contributed by atoms with Gasteiger partial charge in [-0.1, -0.05) is 0 Å². The topological polar surface area (TPSA) is 54.5 Å². The monoisotopic (exact) mass is 363 g/mol. The number of fused-ring (bicyclic) bond motifs is 1. The Bertz CT molecular complexity index is 701. The summed E-state index contributed by atoms with van der Waals surface area (Å²) in [7, 11) is 0. The van der Waals surface area contributed by atoms with Crippen LogP contribution in [0.2, 0.25) is 0 Å². The molecule has 2 aromatic heterocycles. The van der Waals surface area contributed by atoms with Gasteiger partial charge in [0.1, 0.15) is 5.69 Å². The Balaban J connectivity index is 1.31. The zero-order valence-corrected chi connectivity index (χ0v) is 15.2. The lowest BCUT2D eigenvalue weighted by Crippen LogP contribution is -2.34. The number of nitrogens with zero attached hydrogens (tertiary/aromatic N) is 2. The number of ether oxygens (including phenoxy) is 1. The number of carbonyl (C=O) groups is 1. The van der Waals surface area contributed by atoms with E-state index in [0.29, 0.717) is 30.2 Å². The normalized spacial score (nSPS) is 26.6. The SMILES string of the molecule is Cc1ccsc1CN1C[C@H]2[C@@H](CNC(=O)c3cscn3)CO[C@H]2C1. The number of aryl methyl sites for hydroxylation is 1. The lowest BCUT2D eigenvalue weighted by atomic mass is 9.93. The molecular weight excluding hydrogens is 342 g/mol. The molecule has 0 aliphatic carbocycles. The average Bonchev–Trinajstić information content (AvgIpc) is 3.32. The summed E-state index contributed by atoms with van der Waals surface area (Å²) in [6.07, 6.45) is 0.312. The number of nitrogens with one attached hydrogen (secondary N) is 1. The van der Waals surface area contributed by atoms with Gasteiger partial charge in [-0.3, -0.25) is 9.69 Å². The van der Waals surface area contributed by atoms with Gasteiger partial charge >= 0.3 is 0 Å². The highest BCUT2D eigenvalue weighted by molar-refractivity contribution is 7.10. The lowest BCUT2D eigenvalue weighted by molar-refractivity contribution is 0.0902. The van der Waals surface area contributed by atoms with E-state index in [9.17, 15) is 4.79 Å². The maximum absolute atomic E-state index is 12.1. The summed E-state index contributed by atoms with van der Waals surface area (Å²) in [4.78, 5) is 20.0. The molecule has 1 amide bonds. The van der Waals surface area contributed by atoms with Crippen LogP contribution in [0.4, 0.5) is 0 Å². The number of hydrogen-bond donors (Lipinski definition) is 1. The van der Waals surface area contributed by atoms with Crippen molar-refractivity contribution in [2.45, 2.75) is 19.6 Å². The van der Waals surface area contributed by atoms with Gasteiger partial charge in [-0.2, -0.15) is 0 Å². The number of aromatic nitrogens is 1. The molecule has 2 aromatic rings. The summed E-state index contributed by atoms with van der Waals surface area (Å²) in [6.45, 7) is 6.66. The second-order valence-electron chi connectivity index (χ2n) is 6.60. The van der Waals surface area contributed by atoms with Crippen molar-refractivity contribution < 1.29 is 9.53 Å². The summed E-state index contributed by atoms with van der Waals surface area (Å²) in [5.41, 5.74) is 3.58. The van der Waals surface area contributed by atoms with Crippen LogP contribution < -0.4 is 5.32 Å². The Kier molecular flexibility index (Phi) is 4.67. The van der Waals surface area contributed by atoms with E-state index in [1.165, 1.54) is 21.8 Å². The van der Waals surface area contributed by atoms with Gasteiger partial charge in [0, 0.05) is 48.3 Å². The summed E-state index contributed by atoms with van der Waals surface area (Å²) in [5, 5.41) is 6.96. The molecule has 0 unspecified atom stereocenters. The summed E-state index contributed by atoms with van der Waals surface area (Å²) < 4.78 is 5.99. The standard InChI is InChI=1S/C17H21N3O2S2/c1-11-2-3-24-16(11)7-20-5-13-12(8-22-15(13)6-20)4-18-17(21)14-9-23-10-19-14/h2-3,9-10,12-13,15H,4-8H2,1H3,(H,18,21)/t12-,13-,15-/m0/s1. The van der Waals surface area contributed by atoms with Crippen molar-refractivity contribution in [1.29, 1.82) is 0 Å². The number of rotatable bonds is 5. The Morgan fingerprint density at radius 3 is 3.17 bits per heavy atom. The maximum Gasteiger partial charge on any atom is 0.270 e. The fraction of sp³-hybridized carbons (Fsp3) is 0.529. The van der Waals surface area contributed by atoms with Crippen molar-refractivity contribution in [1.82, 2.24) is 15.2 Å². The average molecular weight is 364 g/mol. The minimum atomic E-state index is -0.0798. The van der Waals surface area contributed by atoms with Crippen LogP contribution >= 0.6 is 22.7 Å². The number of thiophene rings is 1. The van der Waals surface area contributed by atoms with E-state index in [1.54, 1.807) is 10.9 Å². The molecule has 2 fully saturated rings. The summed E-state index contributed by atoms with van der Waals surface area (Å²) >= 11 is 3.27. The van der Waals surface area contributed by atoms with E-state index in [0.717, 1.165) is 26.2 Å². The quantitative estimate of drug-likeness (QED) is 0.886. The molecule has 2 aliphatic rings. The van der Waals surface area contributed by atoms with E-state index >= 15 is 0 Å². The first kappa shape index (κ1) is 16.2. The molecule has 2 saturated heterocycles. The Morgan fingerprint density at radius 1 is 1.50 bits per heavy atom. The van der Waals surface area contributed by atoms with Crippen molar-refractivity contribution in [3.63, 3.8) is 0 Å². The van der Waals surface area contributed by atoms with Gasteiger partial charge in [-0.15, -0.1) is 22.7 Å². The van der Waals surface area contributed by atoms with Gasteiger partial charge in [0.2, 0.25) is 0 Å². The van der Waals surface area contributed by atoms with Crippen molar-refractivity contribution in [2.75, 3.05) is 26.2 Å². The van der Waals surface area contributed by atoms with Crippen molar-refractivity contribution in [3.05, 3.63) is 38.5 Å². The zero-order valence-electron chi connectivity index (χ0n) is 13.6. The first-order valence-electron chi connectivity index (χ1n) is 8.24.